The van der Waals surface area contributed by atoms with Crippen LogP contribution in [0.25, 0.3) is 39.9 Å². The van der Waals surface area contributed by atoms with Crippen LogP contribution < -0.4 is 0 Å². The molecular weight excluding hydrogens is 392 g/mol. The highest BCUT2D eigenvalue weighted by atomic mass is 15.1. The molecular formula is C28H20N4. The molecule has 32 heavy (non-hydrogen) atoms. The number of hydrogen-bond donors (Lipinski definition) is 0. The SMILES string of the molecule is C(=Cc1ncnc2c1cc(Cc1ccccc1)c1nc3ccccc3n12)c1ccccc1. The maximum Gasteiger partial charge on any atom is 0.150 e. The molecule has 0 N–H and O–H groups in total. The van der Waals surface area contributed by atoms with E-state index >= 15 is 0 Å². The minimum absolute atomic E-state index is 0.792. The first kappa shape index (κ1) is 18.5. The van der Waals surface area contributed by atoms with Crippen molar-refractivity contribution in [1.82, 2.24) is 19.4 Å². The second-order valence-electron chi connectivity index (χ2n) is 7.83. The van der Waals surface area contributed by atoms with Gasteiger partial charge in [-0.25, -0.2) is 15.0 Å². The maximum absolute atomic E-state index is 4.97. The molecule has 0 fully saturated rings. The Balaban J connectivity index is 1.62. The average molecular weight is 412 g/mol. The van der Waals surface area contributed by atoms with Crippen molar-refractivity contribution in [1.29, 1.82) is 0 Å². The molecule has 0 saturated heterocycles. The van der Waals surface area contributed by atoms with Gasteiger partial charge in [0, 0.05) is 17.4 Å². The molecule has 0 saturated carbocycles. The van der Waals surface area contributed by atoms with Crippen molar-refractivity contribution in [3.63, 3.8) is 0 Å². The number of para-hydroxylation sites is 2. The van der Waals surface area contributed by atoms with Gasteiger partial charge in [0.1, 0.15) is 17.6 Å². The summed E-state index contributed by atoms with van der Waals surface area (Å²) in [5, 5.41) is 1.02. The van der Waals surface area contributed by atoms with Gasteiger partial charge >= 0.3 is 0 Å². The third-order valence-corrected chi connectivity index (χ3v) is 5.74. The van der Waals surface area contributed by atoms with E-state index in [1.165, 1.54) is 5.56 Å². The van der Waals surface area contributed by atoms with Crippen molar-refractivity contribution in [2.24, 2.45) is 0 Å². The van der Waals surface area contributed by atoms with Gasteiger partial charge in [0.05, 0.1) is 16.7 Å². The normalized spacial score (nSPS) is 11.8. The first-order chi connectivity index (χ1) is 15.9. The molecule has 3 heterocycles. The second-order valence-corrected chi connectivity index (χ2v) is 7.83. The third-order valence-electron chi connectivity index (χ3n) is 5.74. The largest absolute Gasteiger partial charge is 0.276 e. The molecule has 0 amide bonds. The lowest BCUT2D eigenvalue weighted by molar-refractivity contribution is 1.11. The molecule has 3 aromatic heterocycles. The lowest BCUT2D eigenvalue weighted by Crippen LogP contribution is -2.00. The minimum atomic E-state index is 0.792. The summed E-state index contributed by atoms with van der Waals surface area (Å²) in [7, 11) is 0. The summed E-state index contributed by atoms with van der Waals surface area (Å²) in [4.78, 5) is 14.3. The highest BCUT2D eigenvalue weighted by Crippen LogP contribution is 2.28. The summed E-state index contributed by atoms with van der Waals surface area (Å²) in [6.45, 7) is 0. The van der Waals surface area contributed by atoms with E-state index in [1.807, 2.05) is 36.4 Å². The summed E-state index contributed by atoms with van der Waals surface area (Å²) in [5.41, 5.74) is 8.27. The fraction of sp³-hybridized carbons (Fsp3) is 0.0357. The van der Waals surface area contributed by atoms with Crippen LogP contribution in [0.5, 0.6) is 0 Å². The Labute approximate surface area is 185 Å². The fourth-order valence-electron chi connectivity index (χ4n) is 4.23. The van der Waals surface area contributed by atoms with Gasteiger partial charge in [-0.2, -0.15) is 0 Å². The van der Waals surface area contributed by atoms with Gasteiger partial charge in [-0.05, 0) is 35.4 Å². The zero-order chi connectivity index (χ0) is 21.3. The molecule has 0 aliphatic carbocycles. The number of imidazole rings is 1. The third kappa shape index (κ3) is 3.22. The van der Waals surface area contributed by atoms with Crippen molar-refractivity contribution in [2.75, 3.05) is 0 Å². The van der Waals surface area contributed by atoms with E-state index in [0.717, 1.165) is 51.0 Å². The van der Waals surface area contributed by atoms with E-state index in [1.54, 1.807) is 6.33 Å². The van der Waals surface area contributed by atoms with Crippen molar-refractivity contribution in [3.05, 3.63) is 120 Å². The highest BCUT2D eigenvalue weighted by molar-refractivity contribution is 5.94. The van der Waals surface area contributed by atoms with Crippen LogP contribution in [-0.4, -0.2) is 19.4 Å². The van der Waals surface area contributed by atoms with Gasteiger partial charge in [0.25, 0.3) is 0 Å². The first-order valence-corrected chi connectivity index (χ1v) is 10.7. The number of nitrogens with zero attached hydrogens (tertiary/aromatic N) is 4. The summed E-state index contributed by atoms with van der Waals surface area (Å²) >= 11 is 0. The van der Waals surface area contributed by atoms with E-state index in [0.29, 0.717) is 0 Å². The van der Waals surface area contributed by atoms with E-state index in [2.05, 4.69) is 81.1 Å². The van der Waals surface area contributed by atoms with Crippen molar-refractivity contribution >= 4 is 39.9 Å². The lowest BCUT2D eigenvalue weighted by Gasteiger charge is -2.10. The molecule has 0 atom stereocenters. The van der Waals surface area contributed by atoms with Crippen LogP contribution in [0.2, 0.25) is 0 Å². The molecule has 3 aromatic carbocycles. The van der Waals surface area contributed by atoms with E-state index < -0.39 is 0 Å². The number of hydrogen-bond acceptors (Lipinski definition) is 3. The number of fused-ring (bicyclic) bond motifs is 5. The molecule has 0 aliphatic rings. The van der Waals surface area contributed by atoms with Crippen molar-refractivity contribution in [3.8, 4) is 0 Å². The molecule has 0 unspecified atom stereocenters. The van der Waals surface area contributed by atoms with Gasteiger partial charge in [0.15, 0.2) is 0 Å². The Kier molecular flexibility index (Phi) is 4.47. The van der Waals surface area contributed by atoms with Gasteiger partial charge in [-0.3, -0.25) is 4.40 Å². The number of benzene rings is 3. The Bertz CT molecular complexity index is 1580. The average Bonchev–Trinajstić information content (AvgIpc) is 3.25. The molecule has 0 radical (unpaired) electrons. The van der Waals surface area contributed by atoms with Crippen LogP contribution in [0.4, 0.5) is 0 Å². The Hall–Kier alpha value is -4.31. The topological polar surface area (TPSA) is 43.1 Å². The number of aromatic nitrogens is 4. The molecule has 0 spiro atoms. The van der Waals surface area contributed by atoms with E-state index in [4.69, 9.17) is 4.98 Å². The van der Waals surface area contributed by atoms with E-state index in [-0.39, 0.29) is 0 Å². The quantitative estimate of drug-likeness (QED) is 0.347. The number of pyridine rings is 1. The lowest BCUT2D eigenvalue weighted by atomic mass is 10.0. The van der Waals surface area contributed by atoms with Crippen LogP contribution in [0.3, 0.4) is 0 Å². The Morgan fingerprint density at radius 1 is 0.719 bits per heavy atom. The number of rotatable bonds is 4. The van der Waals surface area contributed by atoms with Crippen LogP contribution in [0.1, 0.15) is 22.4 Å². The van der Waals surface area contributed by atoms with Crippen LogP contribution in [0.15, 0.2) is 97.3 Å². The summed E-state index contributed by atoms with van der Waals surface area (Å²) in [5.74, 6) is 0. The summed E-state index contributed by atoms with van der Waals surface area (Å²) < 4.78 is 2.17. The van der Waals surface area contributed by atoms with Gasteiger partial charge in [0.2, 0.25) is 0 Å². The second kappa shape index (κ2) is 7.75. The summed E-state index contributed by atoms with van der Waals surface area (Å²) in [6.07, 6.45) is 6.59. The molecule has 4 heteroatoms. The zero-order valence-electron chi connectivity index (χ0n) is 17.4. The van der Waals surface area contributed by atoms with E-state index in [9.17, 15) is 0 Å². The predicted molar refractivity (Wildman–Crippen MR) is 130 cm³/mol. The predicted octanol–water partition coefficient (Wildman–Crippen LogP) is 6.19. The Morgan fingerprint density at radius 3 is 2.31 bits per heavy atom. The van der Waals surface area contributed by atoms with Gasteiger partial charge < -0.3 is 0 Å². The van der Waals surface area contributed by atoms with Gasteiger partial charge in [-0.1, -0.05) is 78.9 Å². The molecule has 0 bridgehead atoms. The molecule has 6 rings (SSSR count). The monoisotopic (exact) mass is 412 g/mol. The Morgan fingerprint density at radius 2 is 1.47 bits per heavy atom. The first-order valence-electron chi connectivity index (χ1n) is 10.7. The fourth-order valence-corrected chi connectivity index (χ4v) is 4.23. The van der Waals surface area contributed by atoms with Crippen molar-refractivity contribution in [2.45, 2.75) is 6.42 Å². The van der Waals surface area contributed by atoms with Crippen LogP contribution in [0, 0.1) is 0 Å². The molecule has 6 aromatic rings. The highest BCUT2D eigenvalue weighted by Gasteiger charge is 2.15. The minimum Gasteiger partial charge on any atom is -0.276 e. The molecule has 0 aliphatic heterocycles. The molecule has 4 nitrogen and oxygen atoms in total. The van der Waals surface area contributed by atoms with Gasteiger partial charge in [-0.15, -0.1) is 0 Å². The summed E-state index contributed by atoms with van der Waals surface area (Å²) in [6, 6.07) is 31.2. The van der Waals surface area contributed by atoms with Crippen LogP contribution >= 0.6 is 0 Å². The maximum atomic E-state index is 4.97. The molecule has 152 valence electrons. The zero-order valence-corrected chi connectivity index (χ0v) is 17.4. The smallest absolute Gasteiger partial charge is 0.150 e. The standard InChI is InChI=1S/C28H20N4/c1-3-9-20(10-4-1)15-16-24-23-18-22(17-21-11-5-2-6-12-21)27-31-25-13-7-8-14-26(25)32(27)28(23)30-19-29-24/h1-16,18-19H,17H2. The van der Waals surface area contributed by atoms with Crippen molar-refractivity contribution < 1.29 is 0 Å². The van der Waals surface area contributed by atoms with Crippen LogP contribution in [-0.2, 0) is 6.42 Å².